The van der Waals surface area contributed by atoms with Crippen LogP contribution in [-0.2, 0) is 0 Å². The molecule has 0 atom stereocenters. The molecule has 1 aromatic carbocycles. The lowest BCUT2D eigenvalue weighted by Crippen LogP contribution is -1.96. The van der Waals surface area contributed by atoms with E-state index in [0.29, 0.717) is 10.8 Å². The molecular weight excluding hydrogens is 393 g/mol. The summed E-state index contributed by atoms with van der Waals surface area (Å²) >= 11 is 18.5. The van der Waals surface area contributed by atoms with Crippen molar-refractivity contribution in [3.63, 3.8) is 0 Å². The van der Waals surface area contributed by atoms with Crippen molar-refractivity contribution < 1.29 is 0 Å². The number of nitrogens with zero attached hydrogens (tertiary/aromatic N) is 2. The van der Waals surface area contributed by atoms with E-state index in [4.69, 9.17) is 23.2 Å². The normalized spacial score (nSPS) is 10.4. The third-order valence-corrected chi connectivity index (χ3v) is 3.51. The number of anilines is 2. The Labute approximate surface area is 125 Å². The predicted octanol–water partition coefficient (Wildman–Crippen LogP) is 5.05. The molecule has 1 aromatic heterocycles. The summed E-state index contributed by atoms with van der Waals surface area (Å²) in [5.74, 6) is 0.467. The molecule has 2 rings (SSSR count). The van der Waals surface area contributed by atoms with Crippen molar-refractivity contribution in [2.75, 3.05) is 5.32 Å². The van der Waals surface area contributed by atoms with E-state index in [1.54, 1.807) is 0 Å². The molecule has 88 valence electrons. The van der Waals surface area contributed by atoms with Gasteiger partial charge in [0.25, 0.3) is 0 Å². The lowest BCUT2D eigenvalue weighted by molar-refractivity contribution is 1.17. The van der Waals surface area contributed by atoms with Crippen molar-refractivity contribution in [2.45, 2.75) is 0 Å². The molecular formula is C10H5Br2Cl2N3. The molecule has 0 radical (unpaired) electrons. The monoisotopic (exact) mass is 395 g/mol. The van der Waals surface area contributed by atoms with Crippen LogP contribution < -0.4 is 5.32 Å². The van der Waals surface area contributed by atoms with Gasteiger partial charge in [-0.1, -0.05) is 27.5 Å². The molecule has 1 N–H and O–H groups in total. The maximum atomic E-state index is 5.96. The highest BCUT2D eigenvalue weighted by Gasteiger charge is 2.07. The highest BCUT2D eigenvalue weighted by molar-refractivity contribution is 9.11. The Morgan fingerprint density at radius 1 is 1.18 bits per heavy atom. The highest BCUT2D eigenvalue weighted by Crippen LogP contribution is 2.30. The van der Waals surface area contributed by atoms with Gasteiger partial charge in [0, 0.05) is 8.95 Å². The van der Waals surface area contributed by atoms with E-state index >= 15 is 0 Å². The largest absolute Gasteiger partial charge is 0.338 e. The first-order chi connectivity index (χ1) is 8.06. The van der Waals surface area contributed by atoms with Crippen molar-refractivity contribution >= 4 is 66.6 Å². The average Bonchev–Trinajstić information content (AvgIpc) is 2.27. The minimum atomic E-state index is 0.144. The molecule has 0 bridgehead atoms. The Balaban J connectivity index is 2.34. The number of halogens is 4. The van der Waals surface area contributed by atoms with Gasteiger partial charge in [-0.3, -0.25) is 0 Å². The first kappa shape index (κ1) is 13.1. The van der Waals surface area contributed by atoms with Gasteiger partial charge in [0.15, 0.2) is 5.82 Å². The predicted molar refractivity (Wildman–Crippen MR) is 77.2 cm³/mol. The summed E-state index contributed by atoms with van der Waals surface area (Å²) < 4.78 is 1.86. The minimum Gasteiger partial charge on any atom is -0.338 e. The number of hydrogen-bond acceptors (Lipinski definition) is 3. The average molecular weight is 398 g/mol. The molecule has 0 saturated carbocycles. The van der Waals surface area contributed by atoms with E-state index in [0.717, 1.165) is 14.6 Å². The lowest BCUT2D eigenvalue weighted by atomic mass is 10.3. The molecule has 17 heavy (non-hydrogen) atoms. The number of nitrogens with one attached hydrogen (secondary N) is 1. The van der Waals surface area contributed by atoms with E-state index in [-0.39, 0.29) is 5.28 Å². The molecule has 1 heterocycles. The van der Waals surface area contributed by atoms with Crippen molar-refractivity contribution in [2.24, 2.45) is 0 Å². The van der Waals surface area contributed by atoms with Crippen LogP contribution in [0.3, 0.4) is 0 Å². The van der Waals surface area contributed by atoms with Gasteiger partial charge >= 0.3 is 0 Å². The molecule has 0 aliphatic carbocycles. The summed E-state index contributed by atoms with van der Waals surface area (Å²) in [6.07, 6.45) is 1.45. The van der Waals surface area contributed by atoms with Gasteiger partial charge in [0.1, 0.15) is 5.02 Å². The number of benzene rings is 1. The molecule has 0 saturated heterocycles. The molecule has 0 amide bonds. The number of rotatable bonds is 2. The Morgan fingerprint density at radius 2 is 1.94 bits per heavy atom. The number of hydrogen-bond donors (Lipinski definition) is 1. The maximum Gasteiger partial charge on any atom is 0.224 e. The molecule has 0 spiro atoms. The summed E-state index contributed by atoms with van der Waals surface area (Å²) in [4.78, 5) is 7.79. The number of aromatic nitrogens is 2. The molecule has 0 fully saturated rings. The highest BCUT2D eigenvalue weighted by atomic mass is 79.9. The lowest BCUT2D eigenvalue weighted by Gasteiger charge is -2.09. The molecule has 3 nitrogen and oxygen atoms in total. The van der Waals surface area contributed by atoms with Gasteiger partial charge in [-0.05, 0) is 45.7 Å². The van der Waals surface area contributed by atoms with E-state index in [2.05, 4.69) is 47.1 Å². The zero-order valence-corrected chi connectivity index (χ0v) is 12.9. The Hall–Kier alpha value is -0.360. The van der Waals surface area contributed by atoms with Crippen molar-refractivity contribution in [1.82, 2.24) is 9.97 Å². The summed E-state index contributed by atoms with van der Waals surface area (Å²) in [5, 5.41) is 3.62. The van der Waals surface area contributed by atoms with Gasteiger partial charge in [-0.25, -0.2) is 4.98 Å². The van der Waals surface area contributed by atoms with Crippen molar-refractivity contribution in [3.8, 4) is 0 Å². The van der Waals surface area contributed by atoms with Crippen LogP contribution in [-0.4, -0.2) is 9.97 Å². The van der Waals surface area contributed by atoms with Gasteiger partial charge in [0.05, 0.1) is 11.9 Å². The van der Waals surface area contributed by atoms with Crippen LogP contribution in [0, 0.1) is 0 Å². The van der Waals surface area contributed by atoms with Gasteiger partial charge in [0.2, 0.25) is 5.28 Å². The molecule has 0 aliphatic rings. The molecule has 0 aliphatic heterocycles. The second-order valence-corrected chi connectivity index (χ2v) is 5.60. The molecule has 2 aromatic rings. The van der Waals surface area contributed by atoms with Gasteiger partial charge < -0.3 is 5.32 Å². The van der Waals surface area contributed by atoms with Crippen LogP contribution >= 0.6 is 55.1 Å². The van der Waals surface area contributed by atoms with E-state index in [9.17, 15) is 0 Å². The quantitative estimate of drug-likeness (QED) is 0.720. The topological polar surface area (TPSA) is 37.8 Å². The van der Waals surface area contributed by atoms with Gasteiger partial charge in [-0.15, -0.1) is 0 Å². The van der Waals surface area contributed by atoms with Crippen molar-refractivity contribution in [3.05, 3.63) is 43.6 Å². The summed E-state index contributed by atoms with van der Waals surface area (Å²) in [5.41, 5.74) is 0.838. The fourth-order valence-corrected chi connectivity index (χ4v) is 2.57. The van der Waals surface area contributed by atoms with Crippen molar-refractivity contribution in [1.29, 1.82) is 0 Å². The first-order valence-electron chi connectivity index (χ1n) is 4.46. The SMILES string of the molecule is Clc1ncc(Cl)c(Nc2ccc(Br)cc2Br)n1. The minimum absolute atomic E-state index is 0.144. The zero-order chi connectivity index (χ0) is 12.4. The summed E-state index contributed by atoms with van der Waals surface area (Å²) in [6.45, 7) is 0. The molecule has 0 unspecified atom stereocenters. The second kappa shape index (κ2) is 5.52. The smallest absolute Gasteiger partial charge is 0.224 e. The van der Waals surface area contributed by atoms with Crippen LogP contribution in [0.5, 0.6) is 0 Å². The fourth-order valence-electron chi connectivity index (χ4n) is 1.15. The standard InChI is InChI=1S/C10H5Br2Cl2N3/c11-5-1-2-8(6(12)3-5)16-9-7(13)4-15-10(14)17-9/h1-4H,(H,15,16,17). The van der Waals surface area contributed by atoms with E-state index in [1.807, 2.05) is 18.2 Å². The van der Waals surface area contributed by atoms with Crippen LogP contribution in [0.25, 0.3) is 0 Å². The third-order valence-electron chi connectivity index (χ3n) is 1.90. The maximum absolute atomic E-state index is 5.96. The Kier molecular flexibility index (Phi) is 4.25. The fraction of sp³-hybridized carbons (Fsp3) is 0. The van der Waals surface area contributed by atoms with E-state index < -0.39 is 0 Å². The zero-order valence-electron chi connectivity index (χ0n) is 8.22. The first-order valence-corrected chi connectivity index (χ1v) is 6.80. The Morgan fingerprint density at radius 3 is 2.65 bits per heavy atom. The third kappa shape index (κ3) is 3.31. The van der Waals surface area contributed by atoms with Crippen LogP contribution in [0.15, 0.2) is 33.3 Å². The van der Waals surface area contributed by atoms with E-state index in [1.165, 1.54) is 6.20 Å². The van der Waals surface area contributed by atoms with Crippen LogP contribution in [0.4, 0.5) is 11.5 Å². The Bertz CT molecular complexity index is 563. The van der Waals surface area contributed by atoms with Gasteiger partial charge in [-0.2, -0.15) is 4.98 Å². The van der Waals surface area contributed by atoms with Crippen LogP contribution in [0.1, 0.15) is 0 Å². The summed E-state index contributed by atoms with van der Waals surface area (Å²) in [6, 6.07) is 5.71. The van der Waals surface area contributed by atoms with Crippen LogP contribution in [0.2, 0.25) is 10.3 Å². The molecule has 7 heteroatoms. The second-order valence-electron chi connectivity index (χ2n) is 3.08. The summed E-state index contributed by atoms with van der Waals surface area (Å²) in [7, 11) is 0.